The van der Waals surface area contributed by atoms with E-state index < -0.39 is 0 Å². The first kappa shape index (κ1) is 16.2. The van der Waals surface area contributed by atoms with Gasteiger partial charge in [-0.15, -0.1) is 0 Å². The van der Waals surface area contributed by atoms with Crippen molar-refractivity contribution in [2.75, 3.05) is 0 Å². The van der Waals surface area contributed by atoms with Crippen molar-refractivity contribution in [3.63, 3.8) is 0 Å². The molecule has 4 aromatic carbocycles. The van der Waals surface area contributed by atoms with Crippen LogP contribution in [-0.2, 0) is 0 Å². The minimum absolute atomic E-state index is 0.122. The summed E-state index contributed by atoms with van der Waals surface area (Å²) >= 11 is 0.122. The molecule has 0 unspecified atom stereocenters. The van der Waals surface area contributed by atoms with Crippen molar-refractivity contribution in [2.24, 2.45) is 0 Å². The first-order valence-electron chi connectivity index (χ1n) is 8.77. The second kappa shape index (κ2) is 6.96. The zero-order valence-corrected chi connectivity index (χ0v) is 16.2. The topological polar surface area (TPSA) is 18.5 Å². The molecule has 0 radical (unpaired) electrons. The van der Waals surface area contributed by atoms with Crippen LogP contribution in [0.2, 0.25) is 0 Å². The second-order valence-corrected chi connectivity index (χ2v) is 8.07. The summed E-state index contributed by atoms with van der Waals surface area (Å²) in [7, 11) is 0. The van der Waals surface area contributed by atoms with Crippen LogP contribution in [0.5, 0.6) is 21.9 Å². The molecule has 130 valence electrons. The van der Waals surface area contributed by atoms with Crippen LogP contribution in [-0.4, -0.2) is 14.5 Å². The Morgan fingerprint density at radius 3 is 1.70 bits per heavy atom. The second-order valence-electron chi connectivity index (χ2n) is 6.23. The van der Waals surface area contributed by atoms with E-state index in [0.29, 0.717) is 0 Å². The molecule has 5 rings (SSSR count). The Bertz CT molecular complexity index is 1130. The van der Waals surface area contributed by atoms with E-state index in [2.05, 4.69) is 41.3 Å². The van der Waals surface area contributed by atoms with E-state index >= 15 is 0 Å². The molecule has 5 aromatic rings. The average Bonchev–Trinajstić information content (AvgIpc) is 3.15. The molecule has 0 spiro atoms. The first-order chi connectivity index (χ1) is 13.4. The fourth-order valence-corrected chi connectivity index (χ4v) is 4.65. The fraction of sp³-hybridized carbons (Fsp3) is 0. The van der Waals surface area contributed by atoms with Crippen molar-refractivity contribution >= 4 is 36.0 Å². The average molecular weight is 415 g/mol. The predicted octanol–water partition coefficient (Wildman–Crippen LogP) is 6.63. The molecule has 0 saturated heterocycles. The molecule has 0 aliphatic heterocycles. The molecule has 0 fully saturated rings. The Labute approximate surface area is 163 Å². The van der Waals surface area contributed by atoms with Gasteiger partial charge in [0.05, 0.1) is 0 Å². The number of ether oxygens (including phenoxy) is 2. The molecule has 0 aliphatic rings. The third-order valence-electron chi connectivity index (χ3n) is 4.52. The Morgan fingerprint density at radius 1 is 0.481 bits per heavy atom. The molecule has 0 atom stereocenters. The van der Waals surface area contributed by atoms with Crippen molar-refractivity contribution in [1.82, 2.24) is 0 Å². The number of hydrogen-bond acceptors (Lipinski definition) is 2. The third kappa shape index (κ3) is 3.12. The van der Waals surface area contributed by atoms with Crippen LogP contribution in [0.15, 0.2) is 95.9 Å². The van der Waals surface area contributed by atoms with Crippen LogP contribution in [0.3, 0.4) is 0 Å². The monoisotopic (exact) mass is 416 g/mol. The van der Waals surface area contributed by atoms with E-state index in [1.165, 1.54) is 10.8 Å². The summed E-state index contributed by atoms with van der Waals surface area (Å²) in [6, 6.07) is 30.8. The third-order valence-corrected chi connectivity index (χ3v) is 6.13. The Kier molecular flexibility index (Phi) is 4.17. The van der Waals surface area contributed by atoms with Crippen molar-refractivity contribution in [2.45, 2.75) is 0 Å². The minimum atomic E-state index is 0.122. The van der Waals surface area contributed by atoms with E-state index in [1.807, 2.05) is 54.6 Å². The molecule has 2 nitrogen and oxygen atoms in total. The van der Waals surface area contributed by atoms with Crippen LogP contribution < -0.4 is 9.47 Å². The SMILES string of the molecule is c1ccc2c(Oc3cc[se]c3Oc3cccc4ccccc34)cccc2c1. The maximum atomic E-state index is 6.31. The summed E-state index contributed by atoms with van der Waals surface area (Å²) in [4.78, 5) is 2.13. The quantitative estimate of drug-likeness (QED) is 0.307. The molecule has 0 saturated carbocycles. The number of benzene rings is 4. The molecular formula is C24H16O2Se. The first-order valence-corrected chi connectivity index (χ1v) is 10.6. The van der Waals surface area contributed by atoms with E-state index in [0.717, 1.165) is 32.6 Å². The van der Waals surface area contributed by atoms with Crippen molar-refractivity contribution in [3.05, 3.63) is 95.9 Å². The fourth-order valence-electron chi connectivity index (χ4n) is 3.22. The Balaban J connectivity index is 1.51. The summed E-state index contributed by atoms with van der Waals surface area (Å²) in [5.74, 6) is 2.51. The standard InChI is InChI=1S/C24H16O2Se/c1-3-11-19-17(7-1)9-5-13-21(19)25-23-15-16-27-24(23)26-22-14-6-10-18-8-2-4-12-20(18)22/h1-16H. The van der Waals surface area contributed by atoms with Crippen molar-refractivity contribution in [3.8, 4) is 21.9 Å². The van der Waals surface area contributed by atoms with E-state index in [4.69, 9.17) is 9.47 Å². The van der Waals surface area contributed by atoms with Gasteiger partial charge in [-0.05, 0) is 0 Å². The van der Waals surface area contributed by atoms with Crippen LogP contribution in [0.1, 0.15) is 0 Å². The van der Waals surface area contributed by atoms with Crippen molar-refractivity contribution in [1.29, 1.82) is 0 Å². The van der Waals surface area contributed by atoms with Gasteiger partial charge in [-0.3, -0.25) is 0 Å². The van der Waals surface area contributed by atoms with Gasteiger partial charge in [-0.1, -0.05) is 0 Å². The maximum absolute atomic E-state index is 6.31. The van der Waals surface area contributed by atoms with Crippen LogP contribution in [0.4, 0.5) is 0 Å². The van der Waals surface area contributed by atoms with Crippen molar-refractivity contribution < 1.29 is 9.47 Å². The molecule has 0 N–H and O–H groups in total. The normalized spacial score (nSPS) is 11.0. The summed E-state index contributed by atoms with van der Waals surface area (Å²) in [5, 5.41) is 4.55. The molecule has 1 aromatic heterocycles. The Hall–Kier alpha value is -3.00. The molecule has 3 heteroatoms. The molecule has 1 heterocycles. The van der Waals surface area contributed by atoms with E-state index in [1.54, 1.807) is 0 Å². The van der Waals surface area contributed by atoms with Gasteiger partial charge >= 0.3 is 163 Å². The van der Waals surface area contributed by atoms with Crippen LogP contribution >= 0.6 is 0 Å². The molecule has 0 bridgehead atoms. The number of rotatable bonds is 4. The molecule has 0 aliphatic carbocycles. The predicted molar refractivity (Wildman–Crippen MR) is 111 cm³/mol. The summed E-state index contributed by atoms with van der Waals surface area (Å²) in [6.45, 7) is 0. The van der Waals surface area contributed by atoms with Gasteiger partial charge in [-0.2, -0.15) is 0 Å². The van der Waals surface area contributed by atoms with Gasteiger partial charge in [0.1, 0.15) is 0 Å². The van der Waals surface area contributed by atoms with Crippen LogP contribution in [0, 0.1) is 0 Å². The molecular weight excluding hydrogens is 399 g/mol. The summed E-state index contributed by atoms with van der Waals surface area (Å²) in [6.07, 6.45) is 0. The van der Waals surface area contributed by atoms with Crippen LogP contribution in [0.25, 0.3) is 21.5 Å². The van der Waals surface area contributed by atoms with Gasteiger partial charge in [0.15, 0.2) is 0 Å². The number of fused-ring (bicyclic) bond motifs is 2. The summed E-state index contributed by atoms with van der Waals surface area (Å²) in [5.41, 5.74) is 0. The van der Waals surface area contributed by atoms with E-state index in [9.17, 15) is 0 Å². The zero-order valence-electron chi connectivity index (χ0n) is 14.5. The Morgan fingerprint density at radius 2 is 1.04 bits per heavy atom. The van der Waals surface area contributed by atoms with Gasteiger partial charge < -0.3 is 0 Å². The van der Waals surface area contributed by atoms with Gasteiger partial charge in [0.2, 0.25) is 0 Å². The van der Waals surface area contributed by atoms with E-state index in [-0.39, 0.29) is 14.5 Å². The summed E-state index contributed by atoms with van der Waals surface area (Å²) < 4.78 is 13.5. The zero-order chi connectivity index (χ0) is 18.1. The van der Waals surface area contributed by atoms with Gasteiger partial charge in [0, 0.05) is 0 Å². The van der Waals surface area contributed by atoms with Gasteiger partial charge in [0.25, 0.3) is 0 Å². The number of hydrogen-bond donors (Lipinski definition) is 0. The van der Waals surface area contributed by atoms with Gasteiger partial charge in [-0.25, -0.2) is 0 Å². The molecule has 0 amide bonds. The molecule has 27 heavy (non-hydrogen) atoms.